The molecule has 0 spiro atoms. The molecule has 1 fully saturated rings. The Bertz CT molecular complexity index is 525. The molecule has 122 valence electrons. The van der Waals surface area contributed by atoms with Gasteiger partial charge in [-0.25, -0.2) is 0 Å². The van der Waals surface area contributed by atoms with Gasteiger partial charge in [-0.2, -0.15) is 0 Å². The molecule has 0 saturated carbocycles. The van der Waals surface area contributed by atoms with Gasteiger partial charge in [0, 0.05) is 18.7 Å². The average molecular weight is 326 g/mol. The molecule has 1 amide bonds. The van der Waals surface area contributed by atoms with Crippen molar-refractivity contribution in [2.45, 2.75) is 33.1 Å². The van der Waals surface area contributed by atoms with E-state index in [-0.39, 0.29) is 5.91 Å². The molecule has 2 rings (SSSR count). The van der Waals surface area contributed by atoms with E-state index in [1.807, 2.05) is 11.8 Å². The quantitative estimate of drug-likeness (QED) is 0.821. The Morgan fingerprint density at radius 3 is 2.64 bits per heavy atom. The third-order valence-electron chi connectivity index (χ3n) is 4.00. The zero-order valence-corrected chi connectivity index (χ0v) is 14.3. The van der Waals surface area contributed by atoms with Gasteiger partial charge in [0.25, 0.3) is 5.91 Å². The van der Waals surface area contributed by atoms with Crippen LogP contribution in [0.25, 0.3) is 0 Å². The lowest BCUT2D eigenvalue weighted by Gasteiger charge is -2.30. The number of hydrogen-bond acceptors (Lipinski definition) is 3. The number of carbonyl (C=O) groups is 1. The summed E-state index contributed by atoms with van der Waals surface area (Å²) < 4.78 is 11.0. The van der Waals surface area contributed by atoms with E-state index in [0.717, 1.165) is 32.4 Å². The molecule has 0 aromatic heterocycles. The maximum atomic E-state index is 12.6. The minimum absolute atomic E-state index is 0.00846. The maximum absolute atomic E-state index is 12.6. The van der Waals surface area contributed by atoms with Gasteiger partial charge in [0.2, 0.25) is 0 Å². The minimum atomic E-state index is 0.00846. The zero-order valence-electron chi connectivity index (χ0n) is 13.5. The van der Waals surface area contributed by atoms with Crippen molar-refractivity contribution in [3.05, 3.63) is 22.7 Å². The van der Waals surface area contributed by atoms with E-state index in [2.05, 4.69) is 6.92 Å². The summed E-state index contributed by atoms with van der Waals surface area (Å²) in [6.45, 7) is 6.41. The summed E-state index contributed by atoms with van der Waals surface area (Å²) >= 11 is 6.28. The molecule has 5 heteroatoms. The predicted molar refractivity (Wildman–Crippen MR) is 88.1 cm³/mol. The Morgan fingerprint density at radius 1 is 1.36 bits per heavy atom. The van der Waals surface area contributed by atoms with Crippen LogP contribution < -0.4 is 9.47 Å². The Kier molecular flexibility index (Phi) is 5.95. The predicted octanol–water partition coefficient (Wildman–Crippen LogP) is 4.01. The molecule has 1 aliphatic rings. The third kappa shape index (κ3) is 3.86. The molecule has 22 heavy (non-hydrogen) atoms. The Hall–Kier alpha value is -1.42. The van der Waals surface area contributed by atoms with Crippen LogP contribution in [0.1, 0.15) is 43.5 Å². The van der Waals surface area contributed by atoms with Crippen LogP contribution in [0.5, 0.6) is 11.5 Å². The first-order valence-electron chi connectivity index (χ1n) is 7.86. The van der Waals surface area contributed by atoms with E-state index in [0.29, 0.717) is 34.6 Å². The largest absolute Gasteiger partial charge is 0.493 e. The second-order valence-electron chi connectivity index (χ2n) is 5.81. The molecule has 1 heterocycles. The number of carbonyl (C=O) groups excluding carboxylic acids is 1. The molecule has 1 aliphatic heterocycles. The van der Waals surface area contributed by atoms with Gasteiger partial charge in [0.1, 0.15) is 0 Å². The summed E-state index contributed by atoms with van der Waals surface area (Å²) in [5, 5.41) is 0.418. The van der Waals surface area contributed by atoms with Gasteiger partial charge >= 0.3 is 0 Å². The van der Waals surface area contributed by atoms with E-state index >= 15 is 0 Å². The van der Waals surface area contributed by atoms with Crippen molar-refractivity contribution in [3.63, 3.8) is 0 Å². The van der Waals surface area contributed by atoms with Crippen molar-refractivity contribution in [1.82, 2.24) is 4.90 Å². The van der Waals surface area contributed by atoms with Gasteiger partial charge in [-0.05, 0) is 37.3 Å². The first-order valence-corrected chi connectivity index (χ1v) is 8.24. The number of benzene rings is 1. The molecule has 0 N–H and O–H groups in total. The van der Waals surface area contributed by atoms with Crippen LogP contribution >= 0.6 is 11.6 Å². The number of rotatable bonds is 5. The summed E-state index contributed by atoms with van der Waals surface area (Å²) in [7, 11) is 1.56. The summed E-state index contributed by atoms with van der Waals surface area (Å²) in [5.41, 5.74) is 0.556. The van der Waals surface area contributed by atoms with E-state index in [1.165, 1.54) is 0 Å². The first kappa shape index (κ1) is 16.9. The third-order valence-corrected chi connectivity index (χ3v) is 4.28. The lowest BCUT2D eigenvalue weighted by molar-refractivity contribution is 0.0697. The SMILES string of the molecule is CCCOc1c(Cl)cc(C(=O)N2CCC(C)CC2)cc1OC. The van der Waals surface area contributed by atoms with Crippen LogP contribution in [0.4, 0.5) is 0 Å². The highest BCUT2D eigenvalue weighted by Crippen LogP contribution is 2.37. The number of halogens is 1. The smallest absolute Gasteiger partial charge is 0.254 e. The topological polar surface area (TPSA) is 38.8 Å². The van der Waals surface area contributed by atoms with Gasteiger partial charge in [0.15, 0.2) is 11.5 Å². The fraction of sp³-hybridized carbons (Fsp3) is 0.588. The molecule has 1 aromatic carbocycles. The molecule has 0 unspecified atom stereocenters. The highest BCUT2D eigenvalue weighted by molar-refractivity contribution is 6.32. The van der Waals surface area contributed by atoms with Gasteiger partial charge in [-0.3, -0.25) is 4.79 Å². The van der Waals surface area contributed by atoms with Crippen molar-refractivity contribution >= 4 is 17.5 Å². The van der Waals surface area contributed by atoms with Gasteiger partial charge < -0.3 is 14.4 Å². The van der Waals surface area contributed by atoms with Crippen LogP contribution in [0.15, 0.2) is 12.1 Å². The van der Waals surface area contributed by atoms with Crippen LogP contribution in [0.3, 0.4) is 0 Å². The van der Waals surface area contributed by atoms with E-state index < -0.39 is 0 Å². The second kappa shape index (κ2) is 7.73. The van der Waals surface area contributed by atoms with Crippen LogP contribution in [-0.2, 0) is 0 Å². The summed E-state index contributed by atoms with van der Waals surface area (Å²) in [6, 6.07) is 3.40. The summed E-state index contributed by atoms with van der Waals surface area (Å²) in [5.74, 6) is 1.71. The average Bonchev–Trinajstić information content (AvgIpc) is 2.53. The molecule has 0 aliphatic carbocycles. The molecule has 4 nitrogen and oxygen atoms in total. The second-order valence-corrected chi connectivity index (χ2v) is 6.22. The Morgan fingerprint density at radius 2 is 2.05 bits per heavy atom. The molecule has 0 radical (unpaired) electrons. The zero-order chi connectivity index (χ0) is 16.1. The fourth-order valence-electron chi connectivity index (χ4n) is 2.58. The number of amides is 1. The van der Waals surface area contributed by atoms with Crippen molar-refractivity contribution in [2.75, 3.05) is 26.8 Å². The standard InChI is InChI=1S/C17H24ClNO3/c1-4-9-22-16-14(18)10-13(11-15(16)21-3)17(20)19-7-5-12(2)6-8-19/h10-12H,4-9H2,1-3H3. The number of hydrogen-bond donors (Lipinski definition) is 0. The summed E-state index contributed by atoms with van der Waals surface area (Å²) in [4.78, 5) is 14.5. The number of ether oxygens (including phenoxy) is 2. The lowest BCUT2D eigenvalue weighted by atomic mass is 9.98. The Balaban J connectivity index is 2.20. The van der Waals surface area contributed by atoms with Crippen LogP contribution in [0, 0.1) is 5.92 Å². The number of piperidine rings is 1. The van der Waals surface area contributed by atoms with Gasteiger partial charge in [-0.1, -0.05) is 25.4 Å². The highest BCUT2D eigenvalue weighted by atomic mass is 35.5. The van der Waals surface area contributed by atoms with Crippen molar-refractivity contribution in [2.24, 2.45) is 5.92 Å². The lowest BCUT2D eigenvalue weighted by Crippen LogP contribution is -2.37. The van der Waals surface area contributed by atoms with Crippen LogP contribution in [0.2, 0.25) is 5.02 Å². The van der Waals surface area contributed by atoms with Crippen molar-refractivity contribution < 1.29 is 14.3 Å². The van der Waals surface area contributed by atoms with E-state index in [4.69, 9.17) is 21.1 Å². The molecular weight excluding hydrogens is 302 g/mol. The Labute approximate surface area is 137 Å². The van der Waals surface area contributed by atoms with E-state index in [9.17, 15) is 4.79 Å². The fourth-order valence-corrected chi connectivity index (χ4v) is 2.85. The molecule has 1 saturated heterocycles. The number of nitrogens with zero attached hydrogens (tertiary/aromatic N) is 1. The molecular formula is C17H24ClNO3. The minimum Gasteiger partial charge on any atom is -0.493 e. The molecule has 0 bridgehead atoms. The number of methoxy groups -OCH3 is 1. The highest BCUT2D eigenvalue weighted by Gasteiger charge is 2.23. The molecule has 1 aromatic rings. The molecule has 0 atom stereocenters. The maximum Gasteiger partial charge on any atom is 0.254 e. The first-order chi connectivity index (χ1) is 10.6. The summed E-state index contributed by atoms with van der Waals surface area (Å²) in [6.07, 6.45) is 2.98. The normalized spacial score (nSPS) is 15.7. The number of likely N-dealkylation sites (tertiary alicyclic amines) is 1. The van der Waals surface area contributed by atoms with Crippen LogP contribution in [-0.4, -0.2) is 37.6 Å². The van der Waals surface area contributed by atoms with Crippen molar-refractivity contribution in [3.8, 4) is 11.5 Å². The van der Waals surface area contributed by atoms with Gasteiger partial charge in [0.05, 0.1) is 18.7 Å². The van der Waals surface area contributed by atoms with E-state index in [1.54, 1.807) is 19.2 Å². The van der Waals surface area contributed by atoms with Crippen molar-refractivity contribution in [1.29, 1.82) is 0 Å². The van der Waals surface area contributed by atoms with Gasteiger partial charge in [-0.15, -0.1) is 0 Å². The monoisotopic (exact) mass is 325 g/mol.